The van der Waals surface area contributed by atoms with E-state index >= 15 is 0 Å². The molecule has 74 valence electrons. The van der Waals surface area contributed by atoms with Crippen LogP contribution >= 0.6 is 0 Å². The zero-order valence-corrected chi connectivity index (χ0v) is 8.85. The molecule has 0 unspecified atom stereocenters. The molecule has 1 heterocycles. The largest absolute Gasteiger partial charge is 0.466 e. The molecule has 0 spiro atoms. The maximum atomic E-state index is 9.85. The molecule has 0 aliphatic carbocycles. The molecule has 0 amide bonds. The van der Waals surface area contributed by atoms with Crippen LogP contribution in [0.15, 0.2) is 10.5 Å². The number of hydrogen-bond donors (Lipinski definition) is 1. The third kappa shape index (κ3) is 2.13. The highest BCUT2D eigenvalue weighted by atomic mass is 16.3. The van der Waals surface area contributed by atoms with Gasteiger partial charge in [-0.05, 0) is 19.9 Å². The number of furan rings is 1. The first-order valence-electron chi connectivity index (χ1n) is 4.83. The minimum absolute atomic E-state index is 0.789. The van der Waals surface area contributed by atoms with Crippen molar-refractivity contribution in [3.8, 4) is 0 Å². The lowest BCUT2D eigenvalue weighted by molar-refractivity contribution is 0.0766. The molecule has 0 atom stereocenters. The standard InChI is InChI=1S/C11H18O2/c1-5-8-7-9(11(3,4)12)10(6-2)13-8/h7,12H,5-6H2,1-4H3. The first-order chi connectivity index (χ1) is 5.99. The maximum Gasteiger partial charge on any atom is 0.109 e. The summed E-state index contributed by atoms with van der Waals surface area (Å²) in [6.07, 6.45) is 1.71. The molecular weight excluding hydrogens is 164 g/mol. The van der Waals surface area contributed by atoms with Gasteiger partial charge in [-0.3, -0.25) is 0 Å². The quantitative estimate of drug-likeness (QED) is 0.779. The molecule has 1 aromatic rings. The lowest BCUT2D eigenvalue weighted by Crippen LogP contribution is -2.16. The van der Waals surface area contributed by atoms with Crippen molar-refractivity contribution < 1.29 is 9.52 Å². The highest BCUT2D eigenvalue weighted by molar-refractivity contribution is 5.27. The summed E-state index contributed by atoms with van der Waals surface area (Å²) in [5.41, 5.74) is 0.134. The summed E-state index contributed by atoms with van der Waals surface area (Å²) in [6.45, 7) is 7.66. The molecule has 0 bridgehead atoms. The number of aliphatic hydroxyl groups is 1. The van der Waals surface area contributed by atoms with E-state index in [1.807, 2.05) is 19.9 Å². The molecule has 2 nitrogen and oxygen atoms in total. The predicted molar refractivity (Wildman–Crippen MR) is 52.7 cm³/mol. The minimum Gasteiger partial charge on any atom is -0.466 e. The molecule has 0 aliphatic rings. The van der Waals surface area contributed by atoms with Gasteiger partial charge in [0.1, 0.15) is 11.5 Å². The topological polar surface area (TPSA) is 33.4 Å². The van der Waals surface area contributed by atoms with Gasteiger partial charge in [-0.2, -0.15) is 0 Å². The van der Waals surface area contributed by atoms with Crippen molar-refractivity contribution >= 4 is 0 Å². The molecule has 13 heavy (non-hydrogen) atoms. The monoisotopic (exact) mass is 182 g/mol. The van der Waals surface area contributed by atoms with Gasteiger partial charge in [-0.1, -0.05) is 13.8 Å². The van der Waals surface area contributed by atoms with Crippen LogP contribution in [0.1, 0.15) is 44.8 Å². The van der Waals surface area contributed by atoms with Crippen molar-refractivity contribution in [3.63, 3.8) is 0 Å². The Bertz CT molecular complexity index is 279. The molecule has 1 aromatic heterocycles. The Labute approximate surface area is 79.6 Å². The normalized spacial score (nSPS) is 12.1. The van der Waals surface area contributed by atoms with Gasteiger partial charge in [0.15, 0.2) is 0 Å². The fourth-order valence-electron chi connectivity index (χ4n) is 1.44. The fourth-order valence-corrected chi connectivity index (χ4v) is 1.44. The van der Waals surface area contributed by atoms with Crippen LogP contribution in [0.3, 0.4) is 0 Å². The van der Waals surface area contributed by atoms with Crippen molar-refractivity contribution in [2.45, 2.75) is 46.1 Å². The summed E-state index contributed by atoms with van der Waals surface area (Å²) in [7, 11) is 0. The third-order valence-electron chi connectivity index (χ3n) is 2.19. The van der Waals surface area contributed by atoms with Crippen LogP contribution in [0, 0.1) is 0 Å². The molecule has 2 heteroatoms. The molecule has 0 saturated carbocycles. The summed E-state index contributed by atoms with van der Waals surface area (Å²) in [4.78, 5) is 0. The van der Waals surface area contributed by atoms with Gasteiger partial charge in [0, 0.05) is 18.4 Å². The number of aryl methyl sites for hydroxylation is 2. The zero-order chi connectivity index (χ0) is 10.1. The summed E-state index contributed by atoms with van der Waals surface area (Å²) in [5.74, 6) is 1.86. The zero-order valence-electron chi connectivity index (χ0n) is 8.85. The van der Waals surface area contributed by atoms with Crippen LogP contribution in [0.2, 0.25) is 0 Å². The van der Waals surface area contributed by atoms with Crippen molar-refractivity contribution in [1.82, 2.24) is 0 Å². The lowest BCUT2D eigenvalue weighted by Gasteiger charge is -2.16. The molecular formula is C11H18O2. The maximum absolute atomic E-state index is 9.85. The van der Waals surface area contributed by atoms with Crippen molar-refractivity contribution in [3.05, 3.63) is 23.2 Å². The molecule has 0 aliphatic heterocycles. The average molecular weight is 182 g/mol. The van der Waals surface area contributed by atoms with Gasteiger partial charge in [0.25, 0.3) is 0 Å². The number of hydrogen-bond acceptors (Lipinski definition) is 2. The van der Waals surface area contributed by atoms with E-state index < -0.39 is 5.60 Å². The Balaban J connectivity index is 3.11. The smallest absolute Gasteiger partial charge is 0.109 e. The Morgan fingerprint density at radius 1 is 1.31 bits per heavy atom. The van der Waals surface area contributed by atoms with Crippen LogP contribution in [-0.4, -0.2) is 5.11 Å². The van der Waals surface area contributed by atoms with Crippen molar-refractivity contribution in [2.75, 3.05) is 0 Å². The van der Waals surface area contributed by atoms with Crippen LogP contribution in [-0.2, 0) is 18.4 Å². The second kappa shape index (κ2) is 3.54. The van der Waals surface area contributed by atoms with Crippen molar-refractivity contribution in [2.24, 2.45) is 0 Å². The highest BCUT2D eigenvalue weighted by Crippen LogP contribution is 2.27. The van der Waals surface area contributed by atoms with E-state index in [2.05, 4.69) is 0 Å². The third-order valence-corrected chi connectivity index (χ3v) is 2.19. The Hall–Kier alpha value is -0.760. The van der Waals surface area contributed by atoms with E-state index in [1.54, 1.807) is 13.8 Å². The lowest BCUT2D eigenvalue weighted by atomic mass is 9.97. The van der Waals surface area contributed by atoms with E-state index in [0.717, 1.165) is 29.9 Å². The molecule has 0 fully saturated rings. The van der Waals surface area contributed by atoms with Gasteiger partial charge in [-0.15, -0.1) is 0 Å². The molecule has 0 aromatic carbocycles. The molecule has 1 N–H and O–H groups in total. The van der Waals surface area contributed by atoms with Gasteiger partial charge in [0.05, 0.1) is 5.60 Å². The summed E-state index contributed by atoms with van der Waals surface area (Å²) >= 11 is 0. The fraction of sp³-hybridized carbons (Fsp3) is 0.636. The van der Waals surface area contributed by atoms with Gasteiger partial charge >= 0.3 is 0 Å². The summed E-state index contributed by atoms with van der Waals surface area (Å²) < 4.78 is 5.58. The van der Waals surface area contributed by atoms with Crippen LogP contribution in [0.5, 0.6) is 0 Å². The van der Waals surface area contributed by atoms with Gasteiger partial charge in [-0.25, -0.2) is 0 Å². The van der Waals surface area contributed by atoms with Gasteiger partial charge in [0.2, 0.25) is 0 Å². The van der Waals surface area contributed by atoms with Gasteiger partial charge < -0.3 is 9.52 Å². The first-order valence-corrected chi connectivity index (χ1v) is 4.83. The minimum atomic E-state index is -0.789. The second-order valence-corrected chi connectivity index (χ2v) is 3.82. The summed E-state index contributed by atoms with van der Waals surface area (Å²) in [6, 6.07) is 1.96. The van der Waals surface area contributed by atoms with E-state index in [9.17, 15) is 5.11 Å². The average Bonchev–Trinajstić information content (AvgIpc) is 2.46. The first kappa shape index (κ1) is 10.3. The Morgan fingerprint density at radius 2 is 1.92 bits per heavy atom. The van der Waals surface area contributed by atoms with E-state index in [0.29, 0.717) is 0 Å². The summed E-state index contributed by atoms with van der Waals surface area (Å²) in [5, 5.41) is 9.85. The highest BCUT2D eigenvalue weighted by Gasteiger charge is 2.23. The van der Waals surface area contributed by atoms with E-state index in [-0.39, 0.29) is 0 Å². The van der Waals surface area contributed by atoms with Crippen molar-refractivity contribution in [1.29, 1.82) is 0 Å². The second-order valence-electron chi connectivity index (χ2n) is 3.82. The Morgan fingerprint density at radius 3 is 2.23 bits per heavy atom. The van der Waals surface area contributed by atoms with Crippen LogP contribution in [0.4, 0.5) is 0 Å². The number of rotatable bonds is 3. The molecule has 0 radical (unpaired) electrons. The molecule has 1 rings (SSSR count). The van der Waals surface area contributed by atoms with E-state index in [1.165, 1.54) is 0 Å². The van der Waals surface area contributed by atoms with E-state index in [4.69, 9.17) is 4.42 Å². The van der Waals surface area contributed by atoms with Crippen LogP contribution in [0.25, 0.3) is 0 Å². The SMILES string of the molecule is CCc1cc(C(C)(C)O)c(CC)o1. The Kier molecular flexibility index (Phi) is 2.81. The predicted octanol–water partition coefficient (Wildman–Crippen LogP) is 2.63. The molecule has 0 saturated heterocycles. The van der Waals surface area contributed by atoms with Crippen LogP contribution < -0.4 is 0 Å².